The van der Waals surface area contributed by atoms with Crippen LogP contribution < -0.4 is 21.7 Å². The fourth-order valence-corrected chi connectivity index (χ4v) is 2.16. The third kappa shape index (κ3) is 8.48. The van der Waals surface area contributed by atoms with Crippen LogP contribution in [-0.2, 0) is 14.4 Å². The maximum atomic E-state index is 12.1. The summed E-state index contributed by atoms with van der Waals surface area (Å²) in [5.74, 6) is -2.75. The summed E-state index contributed by atoms with van der Waals surface area (Å²) in [6.07, 6.45) is 0.831. The molecule has 0 spiro atoms. The number of hydrogen-bond donors (Lipinski definition) is 7. The van der Waals surface area contributed by atoms with Crippen LogP contribution >= 0.6 is 12.6 Å². The second-order valence-corrected chi connectivity index (χ2v) is 5.88. The van der Waals surface area contributed by atoms with Crippen molar-refractivity contribution < 1.29 is 24.6 Å². The molecule has 0 saturated heterocycles. The molecular weight excluding hydrogens is 336 g/mol. The van der Waals surface area contributed by atoms with Gasteiger partial charge in [0, 0.05) is 5.75 Å². The number of hydrogen-bond acceptors (Lipinski definition) is 7. The van der Waals surface area contributed by atoms with E-state index in [1.165, 1.54) is 6.92 Å². The second-order valence-electron chi connectivity index (χ2n) is 5.51. The molecular formula is C14H28N4O5S. The summed E-state index contributed by atoms with van der Waals surface area (Å²) in [7, 11) is 1.83. The average Bonchev–Trinajstić information content (AvgIpc) is 2.52. The Bertz CT molecular complexity index is 422. The van der Waals surface area contributed by atoms with E-state index < -0.39 is 42.0 Å². The molecule has 0 fully saturated rings. The Kier molecular flexibility index (Phi) is 11.4. The minimum Gasteiger partial charge on any atom is -0.480 e. The van der Waals surface area contributed by atoms with Crippen LogP contribution in [0.1, 0.15) is 26.2 Å². The monoisotopic (exact) mass is 364 g/mol. The van der Waals surface area contributed by atoms with Crippen LogP contribution in [0.3, 0.4) is 0 Å². The summed E-state index contributed by atoms with van der Waals surface area (Å²) in [5, 5.41) is 26.2. The van der Waals surface area contributed by atoms with E-state index in [1.807, 2.05) is 7.05 Å². The van der Waals surface area contributed by atoms with Gasteiger partial charge in [-0.15, -0.1) is 0 Å². The van der Waals surface area contributed by atoms with Gasteiger partial charge in [-0.05, 0) is 33.4 Å². The van der Waals surface area contributed by atoms with Gasteiger partial charge in [0.1, 0.15) is 12.1 Å². The van der Waals surface area contributed by atoms with Gasteiger partial charge in [-0.1, -0.05) is 6.42 Å². The van der Waals surface area contributed by atoms with Crippen LogP contribution in [0, 0.1) is 0 Å². The van der Waals surface area contributed by atoms with Crippen molar-refractivity contribution in [3.05, 3.63) is 0 Å². The second kappa shape index (κ2) is 12.1. The number of aliphatic hydroxyl groups is 1. The summed E-state index contributed by atoms with van der Waals surface area (Å²) in [5.41, 5.74) is 5.77. The smallest absolute Gasteiger partial charge is 0.327 e. The van der Waals surface area contributed by atoms with E-state index >= 15 is 0 Å². The topological polar surface area (TPSA) is 154 Å². The molecule has 0 bridgehead atoms. The molecule has 24 heavy (non-hydrogen) atoms. The predicted octanol–water partition coefficient (Wildman–Crippen LogP) is -1.93. The van der Waals surface area contributed by atoms with Crippen molar-refractivity contribution in [2.75, 3.05) is 19.3 Å². The highest BCUT2D eigenvalue weighted by Gasteiger charge is 2.30. The summed E-state index contributed by atoms with van der Waals surface area (Å²) in [6, 6.07) is -3.31. The lowest BCUT2D eigenvalue weighted by Crippen LogP contribution is -2.58. The molecule has 0 aromatic rings. The molecule has 0 aromatic carbocycles. The number of unbranched alkanes of at least 4 members (excludes halogenated alkanes) is 1. The highest BCUT2D eigenvalue weighted by Crippen LogP contribution is 2.01. The van der Waals surface area contributed by atoms with Crippen LogP contribution in [0.2, 0.25) is 0 Å². The lowest BCUT2D eigenvalue weighted by Gasteiger charge is -2.24. The van der Waals surface area contributed by atoms with E-state index in [0.29, 0.717) is 6.42 Å². The quantitative estimate of drug-likeness (QED) is 0.157. The van der Waals surface area contributed by atoms with Crippen LogP contribution in [0.15, 0.2) is 0 Å². The molecule has 0 unspecified atom stereocenters. The number of amides is 2. The lowest BCUT2D eigenvalue weighted by atomic mass is 10.1. The van der Waals surface area contributed by atoms with Crippen LogP contribution in [0.4, 0.5) is 0 Å². The van der Waals surface area contributed by atoms with Gasteiger partial charge in [0.25, 0.3) is 0 Å². The lowest BCUT2D eigenvalue weighted by molar-refractivity contribution is -0.142. The summed E-state index contributed by atoms with van der Waals surface area (Å²) in [4.78, 5) is 35.0. The predicted molar refractivity (Wildman–Crippen MR) is 92.8 cm³/mol. The Balaban J connectivity index is 4.63. The molecule has 0 aliphatic heterocycles. The number of carboxylic acids is 1. The van der Waals surface area contributed by atoms with Crippen molar-refractivity contribution in [2.45, 2.75) is 50.4 Å². The Morgan fingerprint density at radius 3 is 2.25 bits per heavy atom. The molecule has 0 saturated carbocycles. The third-order valence-corrected chi connectivity index (χ3v) is 3.75. The molecule has 0 aliphatic rings. The standard InChI is InChI=1S/C14H28N4O5S/c1-8(19)11(13(21)17-10(7-24)14(22)23)18-12(20)9(15)5-3-4-6-16-2/h8-11,16,19,24H,3-7,15H2,1-2H3,(H,17,21)(H,18,20)(H,22,23)/t8-,9+,10+,11+/m1/s1. The average molecular weight is 364 g/mol. The first-order chi connectivity index (χ1) is 11.2. The largest absolute Gasteiger partial charge is 0.480 e. The van der Waals surface area contributed by atoms with E-state index in [2.05, 4.69) is 28.6 Å². The maximum Gasteiger partial charge on any atom is 0.327 e. The van der Waals surface area contributed by atoms with Gasteiger partial charge in [0.05, 0.1) is 12.1 Å². The maximum absolute atomic E-state index is 12.1. The molecule has 10 heteroatoms. The summed E-state index contributed by atoms with van der Waals surface area (Å²) >= 11 is 3.84. The fourth-order valence-electron chi connectivity index (χ4n) is 1.91. The van der Waals surface area contributed by atoms with E-state index in [4.69, 9.17) is 10.8 Å². The zero-order valence-corrected chi connectivity index (χ0v) is 14.9. The van der Waals surface area contributed by atoms with Gasteiger partial charge >= 0.3 is 5.97 Å². The first-order valence-electron chi connectivity index (χ1n) is 7.77. The molecule has 140 valence electrons. The minimum atomic E-state index is -1.29. The van der Waals surface area contributed by atoms with E-state index in [0.717, 1.165) is 19.4 Å². The normalized spacial score (nSPS) is 15.9. The van der Waals surface area contributed by atoms with Crippen molar-refractivity contribution in [3.8, 4) is 0 Å². The van der Waals surface area contributed by atoms with Gasteiger partial charge in [-0.3, -0.25) is 9.59 Å². The molecule has 4 atom stereocenters. The molecule has 7 N–H and O–H groups in total. The number of carbonyl (C=O) groups is 3. The Morgan fingerprint density at radius 2 is 1.79 bits per heavy atom. The zero-order chi connectivity index (χ0) is 18.7. The SMILES string of the molecule is CNCCCC[C@H](N)C(=O)N[C@H](C(=O)N[C@@H](CS)C(=O)O)[C@@H](C)O. The molecule has 0 rings (SSSR count). The number of rotatable bonds is 12. The number of nitrogens with one attached hydrogen (secondary N) is 3. The molecule has 0 radical (unpaired) electrons. The van der Waals surface area contributed by atoms with Gasteiger partial charge in [-0.25, -0.2) is 4.79 Å². The molecule has 9 nitrogen and oxygen atoms in total. The number of thiol groups is 1. The number of carboxylic acid groups (broad SMARTS) is 1. The van der Waals surface area contributed by atoms with Crippen molar-refractivity contribution in [2.24, 2.45) is 5.73 Å². The Labute approximate surface area is 147 Å². The first kappa shape index (κ1) is 22.6. The Hall–Kier alpha value is -1.36. The first-order valence-corrected chi connectivity index (χ1v) is 8.40. The highest BCUT2D eigenvalue weighted by atomic mass is 32.1. The van der Waals surface area contributed by atoms with E-state index in [-0.39, 0.29) is 5.75 Å². The summed E-state index contributed by atoms with van der Waals surface area (Å²) in [6.45, 7) is 2.13. The van der Waals surface area contributed by atoms with E-state index in [9.17, 15) is 19.5 Å². The third-order valence-electron chi connectivity index (χ3n) is 3.39. The van der Waals surface area contributed by atoms with Crippen molar-refractivity contribution in [1.82, 2.24) is 16.0 Å². The molecule has 0 heterocycles. The number of nitrogens with two attached hydrogens (primary N) is 1. The molecule has 0 aromatic heterocycles. The highest BCUT2D eigenvalue weighted by molar-refractivity contribution is 7.80. The fraction of sp³-hybridized carbons (Fsp3) is 0.786. The molecule has 2 amide bonds. The zero-order valence-electron chi connectivity index (χ0n) is 14.0. The Morgan fingerprint density at radius 1 is 1.17 bits per heavy atom. The number of carbonyl (C=O) groups excluding carboxylic acids is 2. The van der Waals surface area contributed by atoms with Crippen LogP contribution in [0.25, 0.3) is 0 Å². The van der Waals surface area contributed by atoms with Crippen molar-refractivity contribution >= 4 is 30.4 Å². The van der Waals surface area contributed by atoms with Gasteiger partial charge in [0.2, 0.25) is 11.8 Å². The van der Waals surface area contributed by atoms with Crippen molar-refractivity contribution in [1.29, 1.82) is 0 Å². The molecule has 0 aliphatic carbocycles. The van der Waals surface area contributed by atoms with Crippen molar-refractivity contribution in [3.63, 3.8) is 0 Å². The number of aliphatic carboxylic acids is 1. The minimum absolute atomic E-state index is 0.119. The van der Waals surface area contributed by atoms with Gasteiger partial charge in [0.15, 0.2) is 0 Å². The summed E-state index contributed by atoms with van der Waals surface area (Å²) < 4.78 is 0. The van der Waals surface area contributed by atoms with Gasteiger partial charge < -0.3 is 31.9 Å². The van der Waals surface area contributed by atoms with E-state index in [1.54, 1.807) is 0 Å². The number of aliphatic hydroxyl groups excluding tert-OH is 1. The van der Waals surface area contributed by atoms with Crippen LogP contribution in [0.5, 0.6) is 0 Å². The van der Waals surface area contributed by atoms with Gasteiger partial charge in [-0.2, -0.15) is 12.6 Å². The van der Waals surface area contributed by atoms with Crippen LogP contribution in [-0.4, -0.2) is 71.6 Å².